The largest absolute Gasteiger partial charge is 0.444 e. The molecule has 0 spiro atoms. The fourth-order valence-corrected chi connectivity index (χ4v) is 1.85. The summed E-state index contributed by atoms with van der Waals surface area (Å²) in [4.78, 5) is 27.7. The summed E-state index contributed by atoms with van der Waals surface area (Å²) < 4.78 is 5.06. The van der Waals surface area contributed by atoms with Gasteiger partial charge in [-0.05, 0) is 20.8 Å². The summed E-state index contributed by atoms with van der Waals surface area (Å²) in [6, 6.07) is 0. The lowest BCUT2D eigenvalue weighted by Gasteiger charge is -2.19. The number of thiazole rings is 1. The number of rotatable bonds is 5. The number of amides is 1. The van der Waals surface area contributed by atoms with Gasteiger partial charge in [0.2, 0.25) is 0 Å². The van der Waals surface area contributed by atoms with Crippen LogP contribution in [0, 0.1) is 0 Å². The van der Waals surface area contributed by atoms with Crippen molar-refractivity contribution >= 4 is 23.2 Å². The van der Waals surface area contributed by atoms with Gasteiger partial charge in [-0.2, -0.15) is 0 Å². The van der Waals surface area contributed by atoms with Crippen molar-refractivity contribution < 1.29 is 14.3 Å². The third-order valence-corrected chi connectivity index (χ3v) is 2.71. The number of Topliss-reactive ketones (excluding diaryl/α,β-unsaturated/α-hetero) is 1. The van der Waals surface area contributed by atoms with Crippen LogP contribution in [0.4, 0.5) is 4.79 Å². The molecular formula is C12H18N2O3S. The van der Waals surface area contributed by atoms with Gasteiger partial charge in [-0.25, -0.2) is 4.79 Å². The third-order valence-electron chi connectivity index (χ3n) is 1.93. The van der Waals surface area contributed by atoms with E-state index in [1.807, 2.05) is 0 Å². The number of ketones is 1. The number of alkyl carbamates (subject to hydrolysis) is 1. The molecule has 0 aliphatic rings. The summed E-state index contributed by atoms with van der Waals surface area (Å²) in [5.74, 6) is 0.0790. The van der Waals surface area contributed by atoms with E-state index in [0.717, 1.165) is 4.88 Å². The quantitative estimate of drug-likeness (QED) is 0.890. The van der Waals surface area contributed by atoms with Crippen LogP contribution in [0.5, 0.6) is 0 Å². The molecule has 1 rings (SSSR count). The lowest BCUT2D eigenvalue weighted by atomic mass is 10.2. The van der Waals surface area contributed by atoms with Crippen molar-refractivity contribution in [3.05, 3.63) is 16.6 Å². The van der Waals surface area contributed by atoms with Crippen molar-refractivity contribution in [2.45, 2.75) is 39.2 Å². The van der Waals surface area contributed by atoms with Crippen molar-refractivity contribution in [1.29, 1.82) is 0 Å². The van der Waals surface area contributed by atoms with E-state index in [2.05, 4.69) is 10.3 Å². The number of nitrogens with one attached hydrogen (secondary N) is 1. The second kappa shape index (κ2) is 6.49. The predicted octanol–water partition coefficient (Wildman–Crippen LogP) is 2.17. The molecule has 0 aromatic carbocycles. The Morgan fingerprint density at radius 2 is 2.17 bits per heavy atom. The van der Waals surface area contributed by atoms with E-state index in [-0.39, 0.29) is 5.78 Å². The maximum Gasteiger partial charge on any atom is 0.407 e. The molecule has 1 aromatic heterocycles. The van der Waals surface area contributed by atoms with Crippen LogP contribution in [0.1, 0.15) is 32.1 Å². The van der Waals surface area contributed by atoms with Crippen molar-refractivity contribution in [2.24, 2.45) is 0 Å². The van der Waals surface area contributed by atoms with E-state index < -0.39 is 11.7 Å². The second-order valence-corrected chi connectivity index (χ2v) is 5.83. The number of carbonyl (C=O) groups excluding carboxylic acids is 2. The molecule has 0 bridgehead atoms. The van der Waals surface area contributed by atoms with Crippen LogP contribution in [0.2, 0.25) is 0 Å². The molecule has 0 aliphatic heterocycles. The number of hydrogen-bond acceptors (Lipinski definition) is 5. The molecule has 1 aromatic rings. The number of carbonyl (C=O) groups is 2. The first-order valence-electron chi connectivity index (χ1n) is 5.73. The molecule has 0 saturated carbocycles. The van der Waals surface area contributed by atoms with Gasteiger partial charge in [0.05, 0.1) is 5.51 Å². The van der Waals surface area contributed by atoms with Gasteiger partial charge in [0.15, 0.2) is 0 Å². The van der Waals surface area contributed by atoms with Gasteiger partial charge in [-0.3, -0.25) is 9.78 Å². The molecule has 0 atom stereocenters. The lowest BCUT2D eigenvalue weighted by molar-refractivity contribution is -0.118. The summed E-state index contributed by atoms with van der Waals surface area (Å²) in [6.45, 7) is 5.68. The first-order valence-corrected chi connectivity index (χ1v) is 6.61. The van der Waals surface area contributed by atoms with Gasteiger partial charge in [-0.15, -0.1) is 11.3 Å². The standard InChI is InChI=1S/C12H18N2O3S/c1-12(2,3)17-11(16)14-5-4-9(15)6-10-7-13-8-18-10/h7-8H,4-6H2,1-3H3,(H,14,16). The Morgan fingerprint density at radius 3 is 2.72 bits per heavy atom. The monoisotopic (exact) mass is 270 g/mol. The van der Waals surface area contributed by atoms with Crippen LogP contribution in [-0.2, 0) is 16.0 Å². The summed E-state index contributed by atoms with van der Waals surface area (Å²) in [6.07, 6.45) is 1.87. The maximum absolute atomic E-state index is 11.6. The van der Waals surface area contributed by atoms with Gasteiger partial charge in [0.1, 0.15) is 11.4 Å². The first-order chi connectivity index (χ1) is 8.37. The number of aromatic nitrogens is 1. The average Bonchev–Trinajstić information content (AvgIpc) is 2.67. The van der Waals surface area contributed by atoms with E-state index in [0.29, 0.717) is 19.4 Å². The highest BCUT2D eigenvalue weighted by atomic mass is 32.1. The fraction of sp³-hybridized carbons (Fsp3) is 0.583. The number of nitrogens with zero attached hydrogens (tertiary/aromatic N) is 1. The van der Waals surface area contributed by atoms with Crippen LogP contribution in [0.15, 0.2) is 11.7 Å². The fourth-order valence-electron chi connectivity index (χ4n) is 1.23. The van der Waals surface area contributed by atoms with Crippen LogP contribution in [0.25, 0.3) is 0 Å². The maximum atomic E-state index is 11.6. The molecule has 1 heterocycles. The van der Waals surface area contributed by atoms with Crippen molar-refractivity contribution in [3.8, 4) is 0 Å². The van der Waals surface area contributed by atoms with Gasteiger partial charge in [0, 0.05) is 30.5 Å². The van der Waals surface area contributed by atoms with Crippen LogP contribution < -0.4 is 5.32 Å². The summed E-state index contributed by atoms with van der Waals surface area (Å²) in [5.41, 5.74) is 1.18. The van der Waals surface area contributed by atoms with Gasteiger partial charge in [0.25, 0.3) is 0 Å². The molecule has 0 saturated heterocycles. The van der Waals surface area contributed by atoms with E-state index >= 15 is 0 Å². The van der Waals surface area contributed by atoms with Gasteiger partial charge < -0.3 is 10.1 Å². The highest BCUT2D eigenvalue weighted by molar-refractivity contribution is 7.09. The number of ether oxygens (including phenoxy) is 1. The van der Waals surface area contributed by atoms with Gasteiger partial charge in [-0.1, -0.05) is 0 Å². The van der Waals surface area contributed by atoms with E-state index in [1.54, 1.807) is 32.5 Å². The van der Waals surface area contributed by atoms with Crippen LogP contribution >= 0.6 is 11.3 Å². The molecule has 0 aliphatic carbocycles. The molecule has 0 fully saturated rings. The molecular weight excluding hydrogens is 252 g/mol. The SMILES string of the molecule is CC(C)(C)OC(=O)NCCC(=O)Cc1cncs1. The average molecular weight is 270 g/mol. The van der Waals surface area contributed by atoms with Crippen molar-refractivity contribution in [1.82, 2.24) is 10.3 Å². The summed E-state index contributed by atoms with van der Waals surface area (Å²) in [7, 11) is 0. The van der Waals surface area contributed by atoms with Crippen LogP contribution in [-0.4, -0.2) is 29.0 Å². The molecule has 1 amide bonds. The van der Waals surface area contributed by atoms with Gasteiger partial charge >= 0.3 is 6.09 Å². The minimum absolute atomic E-state index is 0.0790. The molecule has 100 valence electrons. The lowest BCUT2D eigenvalue weighted by Crippen LogP contribution is -2.33. The molecule has 6 heteroatoms. The molecule has 0 radical (unpaired) electrons. The second-order valence-electron chi connectivity index (χ2n) is 4.86. The minimum Gasteiger partial charge on any atom is -0.444 e. The van der Waals surface area contributed by atoms with Crippen molar-refractivity contribution in [3.63, 3.8) is 0 Å². The first kappa shape index (κ1) is 14.6. The summed E-state index contributed by atoms with van der Waals surface area (Å²) in [5, 5.41) is 2.56. The topological polar surface area (TPSA) is 68.3 Å². The zero-order valence-corrected chi connectivity index (χ0v) is 11.7. The highest BCUT2D eigenvalue weighted by Crippen LogP contribution is 2.08. The highest BCUT2D eigenvalue weighted by Gasteiger charge is 2.15. The Kier molecular flexibility index (Phi) is 5.27. The van der Waals surface area contributed by atoms with E-state index in [9.17, 15) is 9.59 Å². The third kappa shape index (κ3) is 6.34. The minimum atomic E-state index is -0.517. The zero-order chi connectivity index (χ0) is 13.6. The Labute approximate surface area is 111 Å². The molecule has 5 nitrogen and oxygen atoms in total. The molecule has 18 heavy (non-hydrogen) atoms. The Balaban J connectivity index is 2.18. The van der Waals surface area contributed by atoms with Crippen LogP contribution in [0.3, 0.4) is 0 Å². The Bertz CT molecular complexity index is 396. The number of hydrogen-bond donors (Lipinski definition) is 1. The Morgan fingerprint density at radius 1 is 1.44 bits per heavy atom. The predicted molar refractivity (Wildman–Crippen MR) is 69.7 cm³/mol. The smallest absolute Gasteiger partial charge is 0.407 e. The molecule has 1 N–H and O–H groups in total. The molecule has 0 unspecified atom stereocenters. The zero-order valence-electron chi connectivity index (χ0n) is 10.9. The Hall–Kier alpha value is -1.43. The normalized spacial score (nSPS) is 11.1. The van der Waals surface area contributed by atoms with E-state index in [1.165, 1.54) is 11.3 Å². The van der Waals surface area contributed by atoms with Crippen molar-refractivity contribution in [2.75, 3.05) is 6.54 Å². The van der Waals surface area contributed by atoms with E-state index in [4.69, 9.17) is 4.74 Å². The summed E-state index contributed by atoms with van der Waals surface area (Å²) >= 11 is 1.45.